The first-order valence-corrected chi connectivity index (χ1v) is 7.05. The molecule has 2 rings (SSSR count). The van der Waals surface area contributed by atoms with Gasteiger partial charge in [0, 0.05) is 4.88 Å². The van der Waals surface area contributed by atoms with Gasteiger partial charge < -0.3 is 4.74 Å². The van der Waals surface area contributed by atoms with E-state index in [-0.39, 0.29) is 5.01 Å². The molecule has 0 spiro atoms. The number of thiophene rings is 1. The number of hydrogen-bond donors (Lipinski definition) is 0. The Morgan fingerprint density at radius 2 is 2.26 bits per heavy atom. The van der Waals surface area contributed by atoms with Crippen molar-refractivity contribution >= 4 is 40.8 Å². The van der Waals surface area contributed by atoms with Crippen LogP contribution in [0.5, 0.6) is 0 Å². The Balaban J connectivity index is 2.07. The molecule has 0 aliphatic rings. The van der Waals surface area contributed by atoms with Crippen LogP contribution >= 0.6 is 22.7 Å². The third kappa shape index (κ3) is 3.47. The van der Waals surface area contributed by atoms with Gasteiger partial charge in [-0.05, 0) is 31.2 Å². The zero-order valence-corrected chi connectivity index (χ0v) is 11.6. The molecule has 0 amide bonds. The van der Waals surface area contributed by atoms with E-state index in [1.165, 1.54) is 22.7 Å². The molecule has 0 aliphatic carbocycles. The fourth-order valence-corrected chi connectivity index (χ4v) is 2.58. The van der Waals surface area contributed by atoms with Crippen molar-refractivity contribution in [1.29, 1.82) is 5.26 Å². The predicted octanol–water partition coefficient (Wildman–Crippen LogP) is 2.82. The molecular formula is C12H9N3O2S2. The molecule has 19 heavy (non-hydrogen) atoms. The van der Waals surface area contributed by atoms with Crippen molar-refractivity contribution in [1.82, 2.24) is 10.2 Å². The van der Waals surface area contributed by atoms with Gasteiger partial charge >= 0.3 is 5.97 Å². The molecule has 0 saturated carbocycles. The molecule has 0 saturated heterocycles. The van der Waals surface area contributed by atoms with E-state index in [0.29, 0.717) is 16.5 Å². The van der Waals surface area contributed by atoms with Crippen LogP contribution in [0.25, 0.3) is 12.2 Å². The monoisotopic (exact) mass is 291 g/mol. The van der Waals surface area contributed by atoms with E-state index in [0.717, 1.165) is 4.88 Å². The first-order valence-electron chi connectivity index (χ1n) is 5.41. The summed E-state index contributed by atoms with van der Waals surface area (Å²) in [5, 5.41) is 17.2. The Hall–Kier alpha value is -2.04. The van der Waals surface area contributed by atoms with Crippen molar-refractivity contribution in [3.8, 4) is 6.07 Å². The second-order valence-electron chi connectivity index (χ2n) is 3.31. The highest BCUT2D eigenvalue weighted by Crippen LogP contribution is 2.19. The van der Waals surface area contributed by atoms with Crippen LogP contribution in [-0.2, 0) is 4.74 Å². The number of carbonyl (C=O) groups is 1. The van der Waals surface area contributed by atoms with Crippen LogP contribution in [0.3, 0.4) is 0 Å². The van der Waals surface area contributed by atoms with Gasteiger partial charge in [-0.2, -0.15) is 5.26 Å². The minimum absolute atomic E-state index is 0.241. The summed E-state index contributed by atoms with van der Waals surface area (Å²) < 4.78 is 4.83. The Labute approximate surface area is 117 Å². The molecule has 0 radical (unpaired) electrons. The van der Waals surface area contributed by atoms with Gasteiger partial charge in [0.2, 0.25) is 5.01 Å². The summed E-state index contributed by atoms with van der Waals surface area (Å²) in [5.74, 6) is -0.456. The molecule has 5 nitrogen and oxygen atoms in total. The van der Waals surface area contributed by atoms with Crippen LogP contribution in [0.4, 0.5) is 0 Å². The normalized spacial score (nSPS) is 10.5. The van der Waals surface area contributed by atoms with E-state index in [1.807, 2.05) is 12.1 Å². The van der Waals surface area contributed by atoms with Gasteiger partial charge in [-0.25, -0.2) is 4.79 Å². The van der Waals surface area contributed by atoms with E-state index >= 15 is 0 Å². The second kappa shape index (κ2) is 6.22. The van der Waals surface area contributed by atoms with Crippen molar-refractivity contribution in [2.24, 2.45) is 0 Å². The second-order valence-corrected chi connectivity index (χ2v) is 5.44. The number of nitriles is 1. The quantitative estimate of drug-likeness (QED) is 0.810. The molecule has 2 aromatic rings. The van der Waals surface area contributed by atoms with Crippen molar-refractivity contribution in [2.45, 2.75) is 6.92 Å². The lowest BCUT2D eigenvalue weighted by atomic mass is 10.4. The molecule has 7 heteroatoms. The van der Waals surface area contributed by atoms with Crippen LogP contribution in [-0.4, -0.2) is 22.8 Å². The maximum absolute atomic E-state index is 11.4. The number of carbonyl (C=O) groups excluding carboxylic acids is 1. The van der Waals surface area contributed by atoms with Gasteiger partial charge in [0.05, 0.1) is 6.61 Å². The molecule has 2 heterocycles. The largest absolute Gasteiger partial charge is 0.461 e. The van der Waals surface area contributed by atoms with E-state index in [2.05, 4.69) is 16.3 Å². The maximum atomic E-state index is 11.4. The van der Waals surface area contributed by atoms with Gasteiger partial charge in [-0.3, -0.25) is 0 Å². The number of hydrogen-bond acceptors (Lipinski definition) is 7. The highest BCUT2D eigenvalue weighted by molar-refractivity contribution is 7.14. The van der Waals surface area contributed by atoms with E-state index in [1.54, 1.807) is 19.1 Å². The zero-order valence-electron chi connectivity index (χ0n) is 9.99. The van der Waals surface area contributed by atoms with Gasteiger partial charge in [0.15, 0.2) is 0 Å². The molecular weight excluding hydrogens is 282 g/mol. The minimum atomic E-state index is -0.456. The first kappa shape index (κ1) is 13.4. The van der Waals surface area contributed by atoms with Crippen molar-refractivity contribution in [3.63, 3.8) is 0 Å². The molecule has 0 bridgehead atoms. The lowest BCUT2D eigenvalue weighted by Crippen LogP contribution is -2.03. The van der Waals surface area contributed by atoms with Crippen LogP contribution in [0.1, 0.15) is 31.5 Å². The minimum Gasteiger partial charge on any atom is -0.461 e. The summed E-state index contributed by atoms with van der Waals surface area (Å²) in [6.45, 7) is 2.05. The lowest BCUT2D eigenvalue weighted by molar-refractivity contribution is 0.0525. The Kier molecular flexibility index (Phi) is 4.39. The summed E-state index contributed by atoms with van der Waals surface area (Å²) in [4.78, 5) is 13.0. The summed E-state index contributed by atoms with van der Waals surface area (Å²) in [5.41, 5.74) is 0. The van der Waals surface area contributed by atoms with Gasteiger partial charge in [0.1, 0.15) is 16.0 Å². The zero-order chi connectivity index (χ0) is 13.7. The summed E-state index contributed by atoms with van der Waals surface area (Å²) in [7, 11) is 0. The maximum Gasteiger partial charge on any atom is 0.369 e. The number of nitrogens with zero attached hydrogens (tertiary/aromatic N) is 3. The highest BCUT2D eigenvalue weighted by Gasteiger charge is 2.12. The number of aromatic nitrogens is 2. The fourth-order valence-electron chi connectivity index (χ4n) is 1.23. The SMILES string of the molecule is CCOC(=O)c1nnc(/C=C/c2ccc(C#N)s2)s1. The van der Waals surface area contributed by atoms with Gasteiger partial charge in [0.25, 0.3) is 0 Å². The number of esters is 1. The highest BCUT2D eigenvalue weighted by atomic mass is 32.1. The average Bonchev–Trinajstić information content (AvgIpc) is 3.06. The topological polar surface area (TPSA) is 75.9 Å². The molecule has 0 aromatic carbocycles. The van der Waals surface area contributed by atoms with E-state index < -0.39 is 5.97 Å². The third-order valence-electron chi connectivity index (χ3n) is 2.02. The lowest BCUT2D eigenvalue weighted by Gasteiger charge is -1.93. The smallest absolute Gasteiger partial charge is 0.369 e. The number of ether oxygens (including phenoxy) is 1. The summed E-state index contributed by atoms with van der Waals surface area (Å²) in [6, 6.07) is 5.69. The molecule has 96 valence electrons. The molecule has 0 aliphatic heterocycles. The molecule has 0 N–H and O–H groups in total. The van der Waals surface area contributed by atoms with Crippen molar-refractivity contribution in [2.75, 3.05) is 6.61 Å². The molecule has 0 atom stereocenters. The summed E-state index contributed by atoms with van der Waals surface area (Å²) >= 11 is 2.56. The fraction of sp³-hybridized carbons (Fsp3) is 0.167. The van der Waals surface area contributed by atoms with Crippen LogP contribution in [0.15, 0.2) is 12.1 Å². The average molecular weight is 291 g/mol. The van der Waals surface area contributed by atoms with Crippen LogP contribution in [0.2, 0.25) is 0 Å². The van der Waals surface area contributed by atoms with Crippen LogP contribution < -0.4 is 0 Å². The summed E-state index contributed by atoms with van der Waals surface area (Å²) in [6.07, 6.45) is 3.59. The number of rotatable bonds is 4. The van der Waals surface area contributed by atoms with E-state index in [4.69, 9.17) is 10.00 Å². The van der Waals surface area contributed by atoms with Crippen molar-refractivity contribution < 1.29 is 9.53 Å². The van der Waals surface area contributed by atoms with Crippen LogP contribution in [0, 0.1) is 11.3 Å². The Morgan fingerprint density at radius 3 is 2.95 bits per heavy atom. The van der Waals surface area contributed by atoms with Gasteiger partial charge in [-0.15, -0.1) is 21.5 Å². The first-order chi connectivity index (χ1) is 9.22. The standard InChI is InChI=1S/C12H9N3O2S2/c1-2-17-12(16)11-15-14-10(19-11)6-5-8-3-4-9(7-13)18-8/h3-6H,2H2,1H3/b6-5+. The predicted molar refractivity (Wildman–Crippen MR) is 73.8 cm³/mol. The van der Waals surface area contributed by atoms with E-state index in [9.17, 15) is 4.79 Å². The third-order valence-corrected chi connectivity index (χ3v) is 3.84. The molecule has 0 unspecified atom stereocenters. The molecule has 2 aromatic heterocycles. The van der Waals surface area contributed by atoms with Crippen molar-refractivity contribution in [3.05, 3.63) is 31.9 Å². The van der Waals surface area contributed by atoms with Gasteiger partial charge in [-0.1, -0.05) is 11.3 Å². The Morgan fingerprint density at radius 1 is 1.42 bits per heavy atom. The molecule has 0 fully saturated rings. The Bertz CT molecular complexity index is 652.